The minimum atomic E-state index is 0.131. The van der Waals surface area contributed by atoms with E-state index in [9.17, 15) is 0 Å². The van der Waals surface area contributed by atoms with Crippen molar-refractivity contribution in [2.75, 3.05) is 30.3 Å². The Balaban J connectivity index is 2.17. The Morgan fingerprint density at radius 1 is 1.44 bits per heavy atom. The number of anilines is 2. The molecule has 0 aliphatic carbocycles. The summed E-state index contributed by atoms with van der Waals surface area (Å²) in [6.07, 6.45) is 0.400. The molecule has 0 bridgehead atoms. The summed E-state index contributed by atoms with van der Waals surface area (Å²) in [5.41, 5.74) is 7.76. The topological polar surface area (TPSA) is 47.7 Å². The van der Waals surface area contributed by atoms with Gasteiger partial charge < -0.3 is 20.1 Å². The summed E-state index contributed by atoms with van der Waals surface area (Å²) in [7, 11) is 0. The lowest BCUT2D eigenvalue weighted by molar-refractivity contribution is 0.0532. The van der Waals surface area contributed by atoms with Gasteiger partial charge in [0.15, 0.2) is 0 Å². The first-order chi connectivity index (χ1) is 8.56. The zero-order valence-corrected chi connectivity index (χ0v) is 11.3. The van der Waals surface area contributed by atoms with Crippen LogP contribution in [0.25, 0.3) is 0 Å². The summed E-state index contributed by atoms with van der Waals surface area (Å²) < 4.78 is 11.3. The first kappa shape index (κ1) is 13.0. The molecule has 2 rings (SSSR count). The molecule has 0 radical (unpaired) electrons. The van der Waals surface area contributed by atoms with Crippen LogP contribution in [0.3, 0.4) is 0 Å². The third-order valence-corrected chi connectivity index (χ3v) is 2.97. The van der Waals surface area contributed by atoms with Gasteiger partial charge in [-0.05, 0) is 32.9 Å². The van der Waals surface area contributed by atoms with Crippen molar-refractivity contribution in [3.05, 3.63) is 18.2 Å². The molecular formula is C14H22N2O2. The third-order valence-electron chi connectivity index (χ3n) is 2.97. The lowest BCUT2D eigenvalue weighted by Crippen LogP contribution is -2.41. The summed E-state index contributed by atoms with van der Waals surface area (Å²) in [5, 5.41) is 0. The summed E-state index contributed by atoms with van der Waals surface area (Å²) in [5.74, 6) is 0.765. The molecule has 1 aromatic rings. The average molecular weight is 250 g/mol. The molecule has 0 spiro atoms. The first-order valence-corrected chi connectivity index (χ1v) is 6.49. The largest absolute Gasteiger partial charge is 0.489 e. The highest BCUT2D eigenvalue weighted by atomic mass is 16.5. The number of ether oxygens (including phenoxy) is 2. The maximum atomic E-state index is 5.93. The van der Waals surface area contributed by atoms with E-state index in [4.69, 9.17) is 15.2 Å². The Hall–Kier alpha value is -1.42. The Kier molecular flexibility index (Phi) is 3.97. The Labute approximate surface area is 109 Å². The van der Waals surface area contributed by atoms with E-state index in [0.29, 0.717) is 5.69 Å². The van der Waals surface area contributed by atoms with Gasteiger partial charge in [0.2, 0.25) is 0 Å². The SMILES string of the molecule is CC(C)Oc1cc(N2CCOC(C)C2)ccc1N. The van der Waals surface area contributed by atoms with Gasteiger partial charge in [0.05, 0.1) is 24.5 Å². The summed E-state index contributed by atoms with van der Waals surface area (Å²) in [6, 6.07) is 5.97. The van der Waals surface area contributed by atoms with E-state index in [0.717, 1.165) is 31.1 Å². The van der Waals surface area contributed by atoms with E-state index in [1.165, 1.54) is 0 Å². The molecule has 1 heterocycles. The number of rotatable bonds is 3. The van der Waals surface area contributed by atoms with Gasteiger partial charge in [0.25, 0.3) is 0 Å². The zero-order valence-electron chi connectivity index (χ0n) is 11.3. The highest BCUT2D eigenvalue weighted by Gasteiger charge is 2.18. The van der Waals surface area contributed by atoms with E-state index in [-0.39, 0.29) is 12.2 Å². The normalized spacial score (nSPS) is 20.2. The van der Waals surface area contributed by atoms with Crippen molar-refractivity contribution in [1.29, 1.82) is 0 Å². The summed E-state index contributed by atoms with van der Waals surface area (Å²) in [6.45, 7) is 8.69. The molecule has 1 fully saturated rings. The molecule has 4 heteroatoms. The predicted octanol–water partition coefficient (Wildman–Crippen LogP) is 2.28. The van der Waals surface area contributed by atoms with Gasteiger partial charge in [-0.25, -0.2) is 0 Å². The molecule has 1 aliphatic rings. The second-order valence-electron chi connectivity index (χ2n) is 5.02. The molecule has 1 aromatic carbocycles. The zero-order chi connectivity index (χ0) is 13.1. The van der Waals surface area contributed by atoms with Crippen LogP contribution in [0.5, 0.6) is 5.75 Å². The van der Waals surface area contributed by atoms with Gasteiger partial charge in [-0.15, -0.1) is 0 Å². The van der Waals surface area contributed by atoms with Gasteiger partial charge in [-0.1, -0.05) is 0 Å². The van der Waals surface area contributed by atoms with Crippen molar-refractivity contribution < 1.29 is 9.47 Å². The molecule has 1 unspecified atom stereocenters. The monoisotopic (exact) mass is 250 g/mol. The van der Waals surface area contributed by atoms with Crippen molar-refractivity contribution in [1.82, 2.24) is 0 Å². The van der Waals surface area contributed by atoms with Crippen molar-refractivity contribution >= 4 is 11.4 Å². The maximum Gasteiger partial charge on any atom is 0.144 e. The lowest BCUT2D eigenvalue weighted by Gasteiger charge is -2.33. The molecule has 18 heavy (non-hydrogen) atoms. The van der Waals surface area contributed by atoms with Crippen LogP contribution in [0.1, 0.15) is 20.8 Å². The number of nitrogen functional groups attached to an aromatic ring is 1. The molecule has 100 valence electrons. The predicted molar refractivity (Wildman–Crippen MR) is 74.2 cm³/mol. The van der Waals surface area contributed by atoms with Crippen LogP contribution in [0, 0.1) is 0 Å². The molecule has 0 amide bonds. The minimum Gasteiger partial charge on any atom is -0.489 e. The second kappa shape index (κ2) is 5.48. The lowest BCUT2D eigenvalue weighted by atomic mass is 10.2. The molecule has 4 nitrogen and oxygen atoms in total. The Morgan fingerprint density at radius 3 is 2.89 bits per heavy atom. The van der Waals surface area contributed by atoms with Gasteiger partial charge in [-0.2, -0.15) is 0 Å². The number of hydrogen-bond acceptors (Lipinski definition) is 4. The molecule has 1 saturated heterocycles. The van der Waals surface area contributed by atoms with Crippen LogP contribution in [0.2, 0.25) is 0 Å². The fourth-order valence-electron chi connectivity index (χ4n) is 2.13. The molecule has 0 aromatic heterocycles. The van der Waals surface area contributed by atoms with Crippen molar-refractivity contribution in [3.8, 4) is 5.75 Å². The molecule has 0 saturated carbocycles. The van der Waals surface area contributed by atoms with Crippen LogP contribution >= 0.6 is 0 Å². The molecule has 1 atom stereocenters. The number of nitrogens with zero attached hydrogens (tertiary/aromatic N) is 1. The van der Waals surface area contributed by atoms with Crippen molar-refractivity contribution in [2.45, 2.75) is 33.0 Å². The Morgan fingerprint density at radius 2 is 2.22 bits per heavy atom. The molecule has 1 aliphatic heterocycles. The smallest absolute Gasteiger partial charge is 0.144 e. The standard InChI is InChI=1S/C14H22N2O2/c1-10(2)18-14-8-12(4-5-13(14)15)16-6-7-17-11(3)9-16/h4-5,8,10-11H,6-7,9,15H2,1-3H3. The van der Waals surface area contributed by atoms with Crippen molar-refractivity contribution in [2.24, 2.45) is 0 Å². The van der Waals surface area contributed by atoms with E-state index in [1.807, 2.05) is 32.0 Å². The van der Waals surface area contributed by atoms with E-state index in [2.05, 4.69) is 11.8 Å². The van der Waals surface area contributed by atoms with Gasteiger partial charge in [0, 0.05) is 24.8 Å². The number of morpholine rings is 1. The Bertz CT molecular complexity index is 407. The van der Waals surface area contributed by atoms with E-state index < -0.39 is 0 Å². The van der Waals surface area contributed by atoms with Gasteiger partial charge in [-0.3, -0.25) is 0 Å². The fraction of sp³-hybridized carbons (Fsp3) is 0.571. The number of benzene rings is 1. The van der Waals surface area contributed by atoms with E-state index in [1.54, 1.807) is 0 Å². The minimum absolute atomic E-state index is 0.131. The second-order valence-corrected chi connectivity index (χ2v) is 5.02. The fourth-order valence-corrected chi connectivity index (χ4v) is 2.13. The quantitative estimate of drug-likeness (QED) is 0.836. The van der Waals surface area contributed by atoms with Gasteiger partial charge in [0.1, 0.15) is 5.75 Å². The number of nitrogens with two attached hydrogens (primary N) is 1. The van der Waals surface area contributed by atoms with Crippen LogP contribution in [-0.2, 0) is 4.74 Å². The maximum absolute atomic E-state index is 5.93. The first-order valence-electron chi connectivity index (χ1n) is 6.49. The average Bonchev–Trinajstić information content (AvgIpc) is 2.31. The molecular weight excluding hydrogens is 228 g/mol. The summed E-state index contributed by atoms with van der Waals surface area (Å²) >= 11 is 0. The van der Waals surface area contributed by atoms with Crippen molar-refractivity contribution in [3.63, 3.8) is 0 Å². The van der Waals surface area contributed by atoms with E-state index >= 15 is 0 Å². The third kappa shape index (κ3) is 3.07. The highest BCUT2D eigenvalue weighted by molar-refractivity contribution is 5.62. The molecule has 2 N–H and O–H groups in total. The van der Waals surface area contributed by atoms with Crippen LogP contribution in [0.15, 0.2) is 18.2 Å². The van der Waals surface area contributed by atoms with Crippen LogP contribution in [-0.4, -0.2) is 31.9 Å². The summed E-state index contributed by atoms with van der Waals surface area (Å²) in [4.78, 5) is 2.31. The van der Waals surface area contributed by atoms with Crippen LogP contribution < -0.4 is 15.4 Å². The highest BCUT2D eigenvalue weighted by Crippen LogP contribution is 2.29. The number of hydrogen-bond donors (Lipinski definition) is 1. The van der Waals surface area contributed by atoms with Gasteiger partial charge >= 0.3 is 0 Å². The van der Waals surface area contributed by atoms with Crippen LogP contribution in [0.4, 0.5) is 11.4 Å².